The van der Waals surface area contributed by atoms with Gasteiger partial charge in [0.15, 0.2) is 0 Å². The van der Waals surface area contributed by atoms with E-state index in [0.29, 0.717) is 11.3 Å². The van der Waals surface area contributed by atoms with Crippen LogP contribution in [-0.2, 0) is 12.8 Å². The molecule has 102 valence electrons. The quantitative estimate of drug-likeness (QED) is 0.824. The van der Waals surface area contributed by atoms with Gasteiger partial charge in [0.1, 0.15) is 5.82 Å². The molecule has 3 N–H and O–H groups in total. The highest BCUT2D eigenvalue weighted by Gasteiger charge is 2.15. The Kier molecular flexibility index (Phi) is 3.14. The van der Waals surface area contributed by atoms with E-state index in [1.165, 1.54) is 23.3 Å². The molecule has 0 radical (unpaired) electrons. The Morgan fingerprint density at radius 3 is 2.70 bits per heavy atom. The van der Waals surface area contributed by atoms with Gasteiger partial charge in [-0.25, -0.2) is 4.39 Å². The minimum absolute atomic E-state index is 0.143. The number of carbonyl (C=O) groups is 1. The molecule has 1 amide bonds. The summed E-state index contributed by atoms with van der Waals surface area (Å²) in [6, 6.07) is 9.88. The molecule has 0 unspecified atom stereocenters. The van der Waals surface area contributed by atoms with Crippen molar-refractivity contribution in [2.24, 2.45) is 0 Å². The highest BCUT2D eigenvalue weighted by atomic mass is 19.1. The Bertz CT molecular complexity index is 682. The number of amides is 1. The summed E-state index contributed by atoms with van der Waals surface area (Å²) in [5.41, 5.74) is 9.03. The average Bonchev–Trinajstić information content (AvgIpc) is 2.89. The number of benzene rings is 2. The predicted octanol–water partition coefficient (Wildman–Crippen LogP) is 3.15. The molecule has 0 saturated carbocycles. The lowest BCUT2D eigenvalue weighted by atomic mass is 10.1. The number of nitrogens with one attached hydrogen (secondary N) is 1. The van der Waals surface area contributed by atoms with Crippen LogP contribution in [0.4, 0.5) is 15.8 Å². The summed E-state index contributed by atoms with van der Waals surface area (Å²) in [6.45, 7) is 0. The van der Waals surface area contributed by atoms with Gasteiger partial charge in [0, 0.05) is 11.3 Å². The van der Waals surface area contributed by atoms with Crippen LogP contribution in [-0.4, -0.2) is 5.91 Å². The van der Waals surface area contributed by atoms with E-state index in [0.717, 1.165) is 19.3 Å². The number of carbonyl (C=O) groups excluding carboxylic acids is 1. The summed E-state index contributed by atoms with van der Waals surface area (Å²) in [4.78, 5) is 12.1. The maximum absolute atomic E-state index is 13.7. The molecule has 0 saturated heterocycles. The summed E-state index contributed by atoms with van der Waals surface area (Å²) >= 11 is 0. The number of halogens is 1. The minimum atomic E-state index is -0.528. The van der Waals surface area contributed by atoms with Gasteiger partial charge in [-0.2, -0.15) is 0 Å². The van der Waals surface area contributed by atoms with E-state index in [1.807, 2.05) is 12.1 Å². The van der Waals surface area contributed by atoms with Gasteiger partial charge < -0.3 is 11.1 Å². The second kappa shape index (κ2) is 4.96. The summed E-state index contributed by atoms with van der Waals surface area (Å²) < 4.78 is 13.7. The molecule has 0 bridgehead atoms. The Morgan fingerprint density at radius 1 is 1.10 bits per heavy atom. The number of hydrogen-bond acceptors (Lipinski definition) is 2. The lowest BCUT2D eigenvalue weighted by molar-refractivity contribution is 0.102. The summed E-state index contributed by atoms with van der Waals surface area (Å²) in [6.07, 6.45) is 3.21. The molecule has 0 heterocycles. The summed E-state index contributed by atoms with van der Waals surface area (Å²) in [7, 11) is 0. The van der Waals surface area contributed by atoms with Crippen molar-refractivity contribution in [2.75, 3.05) is 11.1 Å². The number of hydrogen-bond donors (Lipinski definition) is 2. The topological polar surface area (TPSA) is 55.1 Å². The number of anilines is 2. The molecule has 1 aliphatic carbocycles. The molecule has 0 spiro atoms. The van der Waals surface area contributed by atoms with Crippen molar-refractivity contribution in [3.63, 3.8) is 0 Å². The van der Waals surface area contributed by atoms with Gasteiger partial charge in [-0.3, -0.25) is 4.79 Å². The number of nitrogen functional groups attached to an aromatic ring is 1. The van der Waals surface area contributed by atoms with Gasteiger partial charge in [0.05, 0.1) is 5.69 Å². The highest BCUT2D eigenvalue weighted by molar-refractivity contribution is 6.04. The zero-order chi connectivity index (χ0) is 14.1. The first-order chi connectivity index (χ1) is 9.63. The van der Waals surface area contributed by atoms with Crippen LogP contribution < -0.4 is 11.1 Å². The SMILES string of the molecule is Nc1ccc(NC(=O)c2ccc3c(c2)CCC3)c(F)c1. The Balaban J connectivity index is 1.82. The third-order valence-corrected chi connectivity index (χ3v) is 3.60. The van der Waals surface area contributed by atoms with Gasteiger partial charge in [-0.05, 0) is 60.7 Å². The Labute approximate surface area is 116 Å². The van der Waals surface area contributed by atoms with Crippen LogP contribution in [0.2, 0.25) is 0 Å². The van der Waals surface area contributed by atoms with Gasteiger partial charge in [-0.1, -0.05) is 6.07 Å². The second-order valence-corrected chi connectivity index (χ2v) is 5.03. The monoisotopic (exact) mass is 270 g/mol. The molecular weight excluding hydrogens is 255 g/mol. The van der Waals surface area contributed by atoms with E-state index < -0.39 is 5.82 Å². The van der Waals surface area contributed by atoms with Crippen LogP contribution in [0, 0.1) is 5.82 Å². The number of aryl methyl sites for hydroxylation is 2. The molecule has 0 atom stereocenters. The van der Waals surface area contributed by atoms with Crippen molar-refractivity contribution < 1.29 is 9.18 Å². The fourth-order valence-corrected chi connectivity index (χ4v) is 2.54. The molecule has 2 aromatic rings. The van der Waals surface area contributed by atoms with E-state index in [-0.39, 0.29) is 11.6 Å². The summed E-state index contributed by atoms with van der Waals surface area (Å²) in [5.74, 6) is -0.831. The van der Waals surface area contributed by atoms with Crippen LogP contribution in [0.3, 0.4) is 0 Å². The van der Waals surface area contributed by atoms with Crippen LogP contribution >= 0.6 is 0 Å². The van der Waals surface area contributed by atoms with Crippen LogP contribution in [0.25, 0.3) is 0 Å². The van der Waals surface area contributed by atoms with E-state index in [2.05, 4.69) is 5.32 Å². The van der Waals surface area contributed by atoms with E-state index in [9.17, 15) is 9.18 Å². The molecule has 3 nitrogen and oxygen atoms in total. The van der Waals surface area contributed by atoms with E-state index >= 15 is 0 Å². The van der Waals surface area contributed by atoms with Crippen LogP contribution in [0.1, 0.15) is 27.9 Å². The standard InChI is InChI=1S/C16H15FN2O/c17-14-9-13(18)6-7-15(14)19-16(20)12-5-4-10-2-1-3-11(10)8-12/h4-9H,1-3,18H2,(H,19,20). The first kappa shape index (κ1) is 12.7. The Hall–Kier alpha value is -2.36. The fraction of sp³-hybridized carbons (Fsp3) is 0.188. The molecule has 2 aromatic carbocycles. The number of fused-ring (bicyclic) bond motifs is 1. The van der Waals surface area contributed by atoms with E-state index in [1.54, 1.807) is 12.1 Å². The number of rotatable bonds is 2. The largest absolute Gasteiger partial charge is 0.399 e. The third-order valence-electron chi connectivity index (χ3n) is 3.60. The van der Waals surface area contributed by atoms with Gasteiger partial charge in [-0.15, -0.1) is 0 Å². The molecular formula is C16H15FN2O. The summed E-state index contributed by atoms with van der Waals surface area (Å²) in [5, 5.41) is 2.58. The lowest BCUT2D eigenvalue weighted by Crippen LogP contribution is -2.13. The van der Waals surface area contributed by atoms with Gasteiger partial charge in [0.2, 0.25) is 0 Å². The minimum Gasteiger partial charge on any atom is -0.399 e. The maximum Gasteiger partial charge on any atom is 0.255 e. The van der Waals surface area contributed by atoms with Crippen molar-refractivity contribution in [3.05, 3.63) is 58.9 Å². The van der Waals surface area contributed by atoms with Crippen molar-refractivity contribution in [3.8, 4) is 0 Å². The maximum atomic E-state index is 13.7. The predicted molar refractivity (Wildman–Crippen MR) is 77.2 cm³/mol. The Morgan fingerprint density at radius 2 is 1.90 bits per heavy atom. The van der Waals surface area contributed by atoms with Crippen molar-refractivity contribution in [1.29, 1.82) is 0 Å². The lowest BCUT2D eigenvalue weighted by Gasteiger charge is -2.08. The molecule has 0 fully saturated rings. The zero-order valence-corrected chi connectivity index (χ0v) is 10.9. The van der Waals surface area contributed by atoms with E-state index in [4.69, 9.17) is 5.73 Å². The number of nitrogens with two attached hydrogens (primary N) is 1. The molecule has 1 aliphatic rings. The molecule has 3 rings (SSSR count). The van der Waals surface area contributed by atoms with Crippen molar-refractivity contribution in [1.82, 2.24) is 0 Å². The van der Waals surface area contributed by atoms with Gasteiger partial charge in [0.25, 0.3) is 5.91 Å². The molecule has 4 heteroatoms. The molecule has 20 heavy (non-hydrogen) atoms. The zero-order valence-electron chi connectivity index (χ0n) is 10.9. The average molecular weight is 270 g/mol. The van der Waals surface area contributed by atoms with Crippen LogP contribution in [0.5, 0.6) is 0 Å². The first-order valence-electron chi connectivity index (χ1n) is 6.61. The van der Waals surface area contributed by atoms with Crippen molar-refractivity contribution >= 4 is 17.3 Å². The van der Waals surface area contributed by atoms with Gasteiger partial charge >= 0.3 is 0 Å². The second-order valence-electron chi connectivity index (χ2n) is 5.03. The van der Waals surface area contributed by atoms with Crippen molar-refractivity contribution in [2.45, 2.75) is 19.3 Å². The molecule has 0 aromatic heterocycles. The molecule has 0 aliphatic heterocycles. The van der Waals surface area contributed by atoms with Crippen LogP contribution in [0.15, 0.2) is 36.4 Å². The normalized spacial score (nSPS) is 13.1. The smallest absolute Gasteiger partial charge is 0.255 e. The first-order valence-corrected chi connectivity index (χ1v) is 6.61. The third kappa shape index (κ3) is 2.37. The fourth-order valence-electron chi connectivity index (χ4n) is 2.54. The highest BCUT2D eigenvalue weighted by Crippen LogP contribution is 2.24.